The number of nitro benzene ring substituents is 1. The monoisotopic (exact) mass is 380 g/mol. The van der Waals surface area contributed by atoms with Crippen molar-refractivity contribution < 1.29 is 14.5 Å². The van der Waals surface area contributed by atoms with Crippen LogP contribution in [0.25, 0.3) is 0 Å². The molecule has 0 atom stereocenters. The lowest BCUT2D eigenvalue weighted by molar-refractivity contribution is -0.384. The lowest BCUT2D eigenvalue weighted by Gasteiger charge is -2.05. The maximum atomic E-state index is 11.7. The van der Waals surface area contributed by atoms with Gasteiger partial charge in [-0.15, -0.1) is 0 Å². The van der Waals surface area contributed by atoms with Crippen molar-refractivity contribution in [2.45, 2.75) is 0 Å². The van der Waals surface area contributed by atoms with Crippen LogP contribution in [0.4, 0.5) is 11.4 Å². The van der Waals surface area contributed by atoms with Gasteiger partial charge in [0.1, 0.15) is 5.02 Å². The molecule has 0 spiro atoms. The second-order valence-electron chi connectivity index (χ2n) is 4.60. The van der Waals surface area contributed by atoms with Crippen molar-refractivity contribution in [3.8, 4) is 0 Å². The first-order valence-corrected chi connectivity index (χ1v) is 7.47. The summed E-state index contributed by atoms with van der Waals surface area (Å²) < 4.78 is 0. The average Bonchev–Trinajstić information content (AvgIpc) is 2.58. The molecule has 10 heteroatoms. The molecule has 0 saturated heterocycles. The average molecular weight is 381 g/mol. The van der Waals surface area contributed by atoms with Gasteiger partial charge in [0.05, 0.1) is 21.8 Å². The van der Waals surface area contributed by atoms with Crippen LogP contribution >= 0.6 is 23.2 Å². The number of hydrazone groups is 1. The molecule has 0 aliphatic heterocycles. The summed E-state index contributed by atoms with van der Waals surface area (Å²) in [6.07, 6.45) is 1.14. The number of amides is 2. The van der Waals surface area contributed by atoms with Gasteiger partial charge in [0.25, 0.3) is 5.69 Å². The molecular formula is C15H10Cl2N4O4. The summed E-state index contributed by atoms with van der Waals surface area (Å²) in [5, 5.41) is 16.9. The number of hydrogen-bond donors (Lipinski definition) is 2. The van der Waals surface area contributed by atoms with Crippen LogP contribution in [0, 0.1) is 10.1 Å². The molecule has 0 saturated carbocycles. The van der Waals surface area contributed by atoms with Crippen LogP contribution < -0.4 is 10.7 Å². The van der Waals surface area contributed by atoms with E-state index >= 15 is 0 Å². The van der Waals surface area contributed by atoms with Gasteiger partial charge in [0.15, 0.2) is 0 Å². The molecule has 8 nitrogen and oxygen atoms in total. The van der Waals surface area contributed by atoms with Gasteiger partial charge in [0, 0.05) is 11.6 Å². The molecule has 128 valence electrons. The number of carbonyl (C=O) groups excluding carboxylic acids is 2. The highest BCUT2D eigenvalue weighted by Gasteiger charge is 2.15. The van der Waals surface area contributed by atoms with E-state index in [4.69, 9.17) is 23.2 Å². The summed E-state index contributed by atoms with van der Waals surface area (Å²) in [7, 11) is 0. The lowest BCUT2D eigenvalue weighted by Crippen LogP contribution is -2.32. The second kappa shape index (κ2) is 8.22. The first-order chi connectivity index (χ1) is 11.9. The molecule has 0 bridgehead atoms. The van der Waals surface area contributed by atoms with Crippen LogP contribution in [-0.4, -0.2) is 23.0 Å². The third-order valence-corrected chi connectivity index (χ3v) is 3.52. The molecule has 0 aliphatic carbocycles. The van der Waals surface area contributed by atoms with E-state index in [1.165, 1.54) is 24.3 Å². The van der Waals surface area contributed by atoms with E-state index in [2.05, 4.69) is 10.4 Å². The molecule has 0 unspecified atom stereocenters. The van der Waals surface area contributed by atoms with Gasteiger partial charge in [-0.25, -0.2) is 5.43 Å². The SMILES string of the molecule is O=C(NN=Cc1ccc(Cl)c([N+](=O)[O-])c1)C(=O)Nc1ccccc1Cl. The summed E-state index contributed by atoms with van der Waals surface area (Å²) in [5.41, 5.74) is 2.31. The highest BCUT2D eigenvalue weighted by Crippen LogP contribution is 2.24. The van der Waals surface area contributed by atoms with E-state index in [1.807, 2.05) is 5.43 Å². The standard InChI is InChI=1S/C15H10Cl2N4O4/c16-10-3-1-2-4-12(10)19-14(22)15(23)20-18-8-9-5-6-11(17)13(7-9)21(24)25/h1-8H,(H,19,22)(H,20,23). The summed E-state index contributed by atoms with van der Waals surface area (Å²) in [5.74, 6) is -1.99. The number of hydrogen-bond acceptors (Lipinski definition) is 5. The minimum atomic E-state index is -1.03. The fourth-order valence-corrected chi connectivity index (χ4v) is 2.08. The third kappa shape index (κ3) is 5.00. The molecule has 2 N–H and O–H groups in total. The van der Waals surface area contributed by atoms with Crippen molar-refractivity contribution in [1.29, 1.82) is 0 Å². The van der Waals surface area contributed by atoms with Crippen LogP contribution in [0.3, 0.4) is 0 Å². The third-order valence-electron chi connectivity index (χ3n) is 2.87. The first-order valence-electron chi connectivity index (χ1n) is 6.71. The number of benzene rings is 2. The minimum absolute atomic E-state index is 0.0229. The van der Waals surface area contributed by atoms with E-state index < -0.39 is 16.7 Å². The van der Waals surface area contributed by atoms with Crippen molar-refractivity contribution in [2.24, 2.45) is 5.10 Å². The van der Waals surface area contributed by atoms with E-state index in [0.717, 1.165) is 6.21 Å². The van der Waals surface area contributed by atoms with Gasteiger partial charge in [-0.2, -0.15) is 5.10 Å². The summed E-state index contributed by atoms with van der Waals surface area (Å²) in [6.45, 7) is 0. The lowest BCUT2D eigenvalue weighted by atomic mass is 10.2. The van der Waals surface area contributed by atoms with E-state index in [-0.39, 0.29) is 21.4 Å². The molecule has 25 heavy (non-hydrogen) atoms. The molecule has 2 aromatic carbocycles. The number of rotatable bonds is 4. The van der Waals surface area contributed by atoms with Crippen LogP contribution in [0.15, 0.2) is 47.6 Å². The predicted octanol–water partition coefficient (Wildman–Crippen LogP) is 2.99. The quantitative estimate of drug-likeness (QED) is 0.367. The largest absolute Gasteiger partial charge is 0.329 e. The highest BCUT2D eigenvalue weighted by molar-refractivity contribution is 6.41. The molecule has 2 aromatic rings. The zero-order valence-corrected chi connectivity index (χ0v) is 13.9. The van der Waals surface area contributed by atoms with Crippen molar-refractivity contribution in [2.75, 3.05) is 5.32 Å². The van der Waals surface area contributed by atoms with E-state index in [9.17, 15) is 19.7 Å². The van der Waals surface area contributed by atoms with Gasteiger partial charge in [0.2, 0.25) is 0 Å². The summed E-state index contributed by atoms with van der Waals surface area (Å²) in [4.78, 5) is 33.5. The molecule has 0 aromatic heterocycles. The highest BCUT2D eigenvalue weighted by atomic mass is 35.5. The first kappa shape index (κ1) is 18.4. The zero-order valence-electron chi connectivity index (χ0n) is 12.4. The fourth-order valence-electron chi connectivity index (χ4n) is 1.71. The van der Waals surface area contributed by atoms with Crippen molar-refractivity contribution >= 4 is 52.6 Å². The maximum absolute atomic E-state index is 11.7. The Kier molecular flexibility index (Phi) is 6.04. The molecule has 0 aliphatic rings. The van der Waals surface area contributed by atoms with Gasteiger partial charge in [-0.05, 0) is 18.2 Å². The normalized spacial score (nSPS) is 10.5. The van der Waals surface area contributed by atoms with E-state index in [1.54, 1.807) is 18.2 Å². The number of carbonyl (C=O) groups is 2. The Morgan fingerprint density at radius 2 is 1.80 bits per heavy atom. The Balaban J connectivity index is 1.98. The van der Waals surface area contributed by atoms with Gasteiger partial charge in [-0.1, -0.05) is 41.4 Å². The van der Waals surface area contributed by atoms with Gasteiger partial charge in [-0.3, -0.25) is 19.7 Å². The molecule has 0 fully saturated rings. The Hall–Kier alpha value is -2.97. The molecule has 0 radical (unpaired) electrons. The van der Waals surface area contributed by atoms with Gasteiger partial charge >= 0.3 is 11.8 Å². The van der Waals surface area contributed by atoms with Crippen molar-refractivity contribution in [1.82, 2.24) is 5.43 Å². The van der Waals surface area contributed by atoms with Crippen LogP contribution in [0.5, 0.6) is 0 Å². The second-order valence-corrected chi connectivity index (χ2v) is 5.42. The number of anilines is 1. The topological polar surface area (TPSA) is 114 Å². The Bertz CT molecular complexity index is 870. The number of nitrogens with one attached hydrogen (secondary N) is 2. The Morgan fingerprint density at radius 3 is 2.48 bits per heavy atom. The minimum Gasteiger partial charge on any atom is -0.316 e. The van der Waals surface area contributed by atoms with E-state index in [0.29, 0.717) is 5.56 Å². The Morgan fingerprint density at radius 1 is 1.08 bits per heavy atom. The Labute approximate surface area is 151 Å². The van der Waals surface area contributed by atoms with Gasteiger partial charge < -0.3 is 5.32 Å². The smallest absolute Gasteiger partial charge is 0.316 e. The number of nitro groups is 1. The molecule has 2 rings (SSSR count). The van der Waals surface area contributed by atoms with Crippen molar-refractivity contribution in [3.63, 3.8) is 0 Å². The van der Waals surface area contributed by atoms with Crippen LogP contribution in [-0.2, 0) is 9.59 Å². The zero-order chi connectivity index (χ0) is 18.4. The van der Waals surface area contributed by atoms with Crippen LogP contribution in [0.1, 0.15) is 5.56 Å². The fraction of sp³-hybridized carbons (Fsp3) is 0. The summed E-state index contributed by atoms with van der Waals surface area (Å²) in [6, 6.07) is 10.4. The number of nitrogens with zero attached hydrogens (tertiary/aromatic N) is 2. The van der Waals surface area contributed by atoms with Crippen LogP contribution in [0.2, 0.25) is 10.0 Å². The predicted molar refractivity (Wildman–Crippen MR) is 93.9 cm³/mol. The number of halogens is 2. The molecule has 0 heterocycles. The molecular weight excluding hydrogens is 371 g/mol. The number of para-hydroxylation sites is 1. The summed E-state index contributed by atoms with van der Waals surface area (Å²) >= 11 is 11.6. The van der Waals surface area contributed by atoms with Crippen molar-refractivity contribution in [3.05, 3.63) is 68.2 Å². The maximum Gasteiger partial charge on any atom is 0.329 e. The molecule has 2 amide bonds.